The number of hydrogen-bond acceptors (Lipinski definition) is 3. The number of amides is 2. The smallest absolute Gasteiger partial charge is 0.229 e. The first-order valence-electron chi connectivity index (χ1n) is 7.12. The van der Waals surface area contributed by atoms with Gasteiger partial charge in [0.2, 0.25) is 11.8 Å². The molecule has 2 N–H and O–H groups in total. The maximum Gasteiger partial charge on any atom is 0.229 e. The van der Waals surface area contributed by atoms with Crippen molar-refractivity contribution in [2.45, 2.75) is 19.4 Å². The summed E-state index contributed by atoms with van der Waals surface area (Å²) in [6, 6.07) is 3.44. The van der Waals surface area contributed by atoms with Crippen LogP contribution in [0.5, 0.6) is 0 Å². The molecular formula is C15H18FN3O2. The Bertz CT molecular complexity index is 603. The van der Waals surface area contributed by atoms with Gasteiger partial charge in [0.25, 0.3) is 0 Å². The number of carbonyl (C=O) groups is 2. The van der Waals surface area contributed by atoms with E-state index in [9.17, 15) is 14.0 Å². The lowest BCUT2D eigenvalue weighted by Gasteiger charge is -2.20. The molecule has 6 heteroatoms. The van der Waals surface area contributed by atoms with E-state index >= 15 is 0 Å². The number of rotatable bonds is 2. The van der Waals surface area contributed by atoms with Gasteiger partial charge in [-0.15, -0.1) is 0 Å². The molecule has 1 aromatic carbocycles. The van der Waals surface area contributed by atoms with Gasteiger partial charge in [-0.2, -0.15) is 0 Å². The van der Waals surface area contributed by atoms with E-state index in [2.05, 4.69) is 10.6 Å². The molecule has 2 aliphatic rings. The highest BCUT2D eigenvalue weighted by atomic mass is 19.1. The summed E-state index contributed by atoms with van der Waals surface area (Å²) in [6.07, 6.45) is 0.814. The summed E-state index contributed by atoms with van der Waals surface area (Å²) in [5.74, 6) is -1.09. The van der Waals surface area contributed by atoms with Gasteiger partial charge in [-0.05, 0) is 30.2 Å². The topological polar surface area (TPSA) is 61.4 Å². The Balaban J connectivity index is 1.76. The fourth-order valence-corrected chi connectivity index (χ4v) is 2.90. The van der Waals surface area contributed by atoms with Crippen LogP contribution in [0.25, 0.3) is 0 Å². The molecule has 1 unspecified atom stereocenters. The molecule has 112 valence electrons. The van der Waals surface area contributed by atoms with Crippen molar-refractivity contribution >= 4 is 17.5 Å². The van der Waals surface area contributed by atoms with E-state index in [-0.39, 0.29) is 29.7 Å². The van der Waals surface area contributed by atoms with Crippen LogP contribution in [-0.4, -0.2) is 36.9 Å². The van der Waals surface area contributed by atoms with Crippen LogP contribution in [-0.2, 0) is 22.6 Å². The maximum atomic E-state index is 14.4. The van der Waals surface area contributed by atoms with E-state index in [1.165, 1.54) is 4.90 Å². The lowest BCUT2D eigenvalue weighted by atomic mass is 9.99. The molecule has 1 fully saturated rings. The molecule has 0 aliphatic carbocycles. The highest BCUT2D eigenvalue weighted by Crippen LogP contribution is 2.26. The van der Waals surface area contributed by atoms with Gasteiger partial charge >= 0.3 is 0 Å². The highest BCUT2D eigenvalue weighted by Gasteiger charge is 2.32. The van der Waals surface area contributed by atoms with Crippen molar-refractivity contribution in [3.8, 4) is 0 Å². The minimum atomic E-state index is -0.403. The average molecular weight is 291 g/mol. The number of hydrogen-bond donors (Lipinski definition) is 2. The SMILES string of the molecule is CN1CC(C(=O)Nc2ccc3c(c2F)CCNC3)CC1=O. The number of nitrogens with zero attached hydrogens (tertiary/aromatic N) is 1. The van der Waals surface area contributed by atoms with Gasteiger partial charge in [-0.1, -0.05) is 6.07 Å². The highest BCUT2D eigenvalue weighted by molar-refractivity contribution is 5.97. The summed E-state index contributed by atoms with van der Waals surface area (Å²) in [5, 5.41) is 5.82. The van der Waals surface area contributed by atoms with Crippen molar-refractivity contribution in [1.82, 2.24) is 10.2 Å². The van der Waals surface area contributed by atoms with Gasteiger partial charge in [-0.3, -0.25) is 9.59 Å². The summed E-state index contributed by atoms with van der Waals surface area (Å²) < 4.78 is 14.4. The van der Waals surface area contributed by atoms with Crippen molar-refractivity contribution in [3.05, 3.63) is 29.1 Å². The molecule has 1 saturated heterocycles. The summed E-state index contributed by atoms with van der Waals surface area (Å²) in [6.45, 7) is 1.78. The third-order valence-corrected chi connectivity index (χ3v) is 4.18. The molecule has 2 aliphatic heterocycles. The van der Waals surface area contributed by atoms with Gasteiger partial charge < -0.3 is 15.5 Å². The quantitative estimate of drug-likeness (QED) is 0.850. The summed E-state index contributed by atoms with van der Waals surface area (Å²) in [7, 11) is 1.67. The molecule has 3 rings (SSSR count). The minimum Gasteiger partial charge on any atom is -0.345 e. The number of halogens is 1. The molecule has 1 atom stereocenters. The van der Waals surface area contributed by atoms with Crippen molar-refractivity contribution in [3.63, 3.8) is 0 Å². The third kappa shape index (κ3) is 2.63. The molecule has 0 saturated carbocycles. The maximum absolute atomic E-state index is 14.4. The molecule has 5 nitrogen and oxygen atoms in total. The van der Waals surface area contributed by atoms with Crippen LogP contribution >= 0.6 is 0 Å². The van der Waals surface area contributed by atoms with Gasteiger partial charge in [0, 0.05) is 26.6 Å². The Morgan fingerprint density at radius 1 is 1.48 bits per heavy atom. The van der Waals surface area contributed by atoms with Crippen LogP contribution in [0, 0.1) is 11.7 Å². The van der Waals surface area contributed by atoms with Crippen LogP contribution in [0.2, 0.25) is 0 Å². The number of anilines is 1. The molecule has 0 radical (unpaired) electrons. The Morgan fingerprint density at radius 3 is 3.00 bits per heavy atom. The Kier molecular flexibility index (Phi) is 3.63. The first kappa shape index (κ1) is 14.0. The number of fused-ring (bicyclic) bond motifs is 1. The van der Waals surface area contributed by atoms with E-state index in [0.717, 1.165) is 12.1 Å². The minimum absolute atomic E-state index is 0.0489. The second kappa shape index (κ2) is 5.44. The predicted molar refractivity (Wildman–Crippen MR) is 76.2 cm³/mol. The summed E-state index contributed by atoms with van der Waals surface area (Å²) >= 11 is 0. The van der Waals surface area contributed by atoms with E-state index < -0.39 is 5.92 Å². The fraction of sp³-hybridized carbons (Fsp3) is 0.467. The second-order valence-corrected chi connectivity index (χ2v) is 5.66. The van der Waals surface area contributed by atoms with Gasteiger partial charge in [0.1, 0.15) is 5.82 Å². The standard InChI is InChI=1S/C15H18FN3O2/c1-19-8-10(6-13(19)20)15(21)18-12-3-2-9-7-17-5-4-11(9)14(12)16/h2-3,10,17H,4-8H2,1H3,(H,18,21). The Hall–Kier alpha value is -1.95. The lowest BCUT2D eigenvalue weighted by molar-refractivity contribution is -0.127. The molecule has 0 spiro atoms. The monoisotopic (exact) mass is 291 g/mol. The van der Waals surface area contributed by atoms with E-state index in [1.807, 2.05) is 6.07 Å². The van der Waals surface area contributed by atoms with Crippen molar-refractivity contribution < 1.29 is 14.0 Å². The van der Waals surface area contributed by atoms with Crippen molar-refractivity contribution in [2.75, 3.05) is 25.5 Å². The first-order chi connectivity index (χ1) is 10.1. The lowest BCUT2D eigenvalue weighted by Crippen LogP contribution is -2.27. The molecular weight excluding hydrogens is 273 g/mol. The fourth-order valence-electron chi connectivity index (χ4n) is 2.90. The molecule has 21 heavy (non-hydrogen) atoms. The first-order valence-corrected chi connectivity index (χ1v) is 7.12. The van der Waals surface area contributed by atoms with Crippen LogP contribution in [0.1, 0.15) is 17.5 Å². The normalized spacial score (nSPS) is 21.3. The summed E-state index contributed by atoms with van der Waals surface area (Å²) in [4.78, 5) is 25.1. The average Bonchev–Trinajstić information content (AvgIpc) is 2.82. The number of likely N-dealkylation sites (tertiary alicyclic amines) is 1. The van der Waals surface area contributed by atoms with Gasteiger partial charge in [0.05, 0.1) is 11.6 Å². The second-order valence-electron chi connectivity index (χ2n) is 5.66. The molecule has 2 heterocycles. The zero-order chi connectivity index (χ0) is 15.0. The van der Waals surface area contributed by atoms with E-state index in [0.29, 0.717) is 25.1 Å². The van der Waals surface area contributed by atoms with E-state index in [4.69, 9.17) is 0 Å². The van der Waals surface area contributed by atoms with Crippen LogP contribution in [0.4, 0.5) is 10.1 Å². The number of nitrogens with one attached hydrogen (secondary N) is 2. The predicted octanol–water partition coefficient (Wildman–Crippen LogP) is 0.888. The Labute approximate surface area is 122 Å². The molecule has 2 amide bonds. The van der Waals surface area contributed by atoms with Crippen molar-refractivity contribution in [2.24, 2.45) is 5.92 Å². The molecule has 0 aromatic heterocycles. The van der Waals surface area contributed by atoms with Crippen LogP contribution in [0.15, 0.2) is 12.1 Å². The largest absolute Gasteiger partial charge is 0.345 e. The van der Waals surface area contributed by atoms with Gasteiger partial charge in [-0.25, -0.2) is 4.39 Å². The zero-order valence-electron chi connectivity index (χ0n) is 11.9. The number of benzene rings is 1. The van der Waals surface area contributed by atoms with Crippen LogP contribution in [0.3, 0.4) is 0 Å². The van der Waals surface area contributed by atoms with Crippen molar-refractivity contribution in [1.29, 1.82) is 0 Å². The molecule has 1 aromatic rings. The summed E-state index contributed by atoms with van der Waals surface area (Å²) in [5.41, 5.74) is 1.82. The number of carbonyl (C=O) groups excluding carboxylic acids is 2. The third-order valence-electron chi connectivity index (χ3n) is 4.18. The van der Waals surface area contributed by atoms with E-state index in [1.54, 1.807) is 13.1 Å². The molecule has 0 bridgehead atoms. The van der Waals surface area contributed by atoms with Gasteiger partial charge in [0.15, 0.2) is 0 Å². The zero-order valence-corrected chi connectivity index (χ0v) is 11.9. The Morgan fingerprint density at radius 2 is 2.29 bits per heavy atom. The van der Waals surface area contributed by atoms with Crippen LogP contribution < -0.4 is 10.6 Å².